The lowest BCUT2D eigenvalue weighted by molar-refractivity contribution is -0.129. The molecule has 2 amide bonds. The smallest absolute Gasteiger partial charge is 0.239 e. The number of sulfone groups is 1. The first-order valence-corrected chi connectivity index (χ1v) is 11.0. The molecule has 3 N–H and O–H groups in total. The van der Waals surface area contributed by atoms with Crippen molar-refractivity contribution in [2.75, 3.05) is 5.75 Å². The van der Waals surface area contributed by atoms with Crippen LogP contribution in [0.3, 0.4) is 0 Å². The average Bonchev–Trinajstić information content (AvgIpc) is 2.57. The van der Waals surface area contributed by atoms with E-state index in [9.17, 15) is 18.0 Å². The van der Waals surface area contributed by atoms with Gasteiger partial charge in [0.2, 0.25) is 11.8 Å². The molecule has 2 atom stereocenters. The summed E-state index contributed by atoms with van der Waals surface area (Å²) in [6, 6.07) is 8.47. The van der Waals surface area contributed by atoms with E-state index < -0.39 is 38.4 Å². The van der Waals surface area contributed by atoms with E-state index in [-0.39, 0.29) is 12.2 Å². The molecule has 27 heavy (non-hydrogen) atoms. The number of hydrogen-bond acceptors (Lipinski definition) is 4. The maximum Gasteiger partial charge on any atom is 0.239 e. The summed E-state index contributed by atoms with van der Waals surface area (Å²) >= 11 is 0. The van der Waals surface area contributed by atoms with Gasteiger partial charge >= 0.3 is 0 Å². The first-order chi connectivity index (χ1) is 12.5. The third kappa shape index (κ3) is 7.33. The van der Waals surface area contributed by atoms with Crippen LogP contribution < -0.4 is 11.1 Å². The molecule has 0 saturated carbocycles. The molecular formula is C20H32N2O4S. The highest BCUT2D eigenvalue weighted by Crippen LogP contribution is 2.21. The molecule has 0 aliphatic heterocycles. The van der Waals surface area contributed by atoms with Crippen LogP contribution in [0.25, 0.3) is 0 Å². The van der Waals surface area contributed by atoms with E-state index in [0.717, 1.165) is 18.4 Å². The summed E-state index contributed by atoms with van der Waals surface area (Å²) < 4.78 is 24.4. The van der Waals surface area contributed by atoms with Crippen molar-refractivity contribution in [1.82, 2.24) is 5.32 Å². The van der Waals surface area contributed by atoms with Crippen molar-refractivity contribution in [3.05, 3.63) is 35.9 Å². The van der Waals surface area contributed by atoms with Crippen molar-refractivity contribution in [3.63, 3.8) is 0 Å². The highest BCUT2D eigenvalue weighted by atomic mass is 32.2. The summed E-state index contributed by atoms with van der Waals surface area (Å²) in [5.41, 5.74) is 6.27. The van der Waals surface area contributed by atoms with Crippen LogP contribution in [-0.4, -0.2) is 36.8 Å². The molecular weight excluding hydrogens is 364 g/mol. The van der Waals surface area contributed by atoms with Crippen LogP contribution in [0.1, 0.15) is 52.5 Å². The van der Waals surface area contributed by atoms with Crippen molar-refractivity contribution in [3.8, 4) is 0 Å². The number of rotatable bonds is 10. The fourth-order valence-electron chi connectivity index (χ4n) is 2.62. The maximum atomic E-state index is 12.8. The number of amides is 2. The second-order valence-electron chi connectivity index (χ2n) is 7.89. The predicted molar refractivity (Wildman–Crippen MR) is 108 cm³/mol. The fourth-order valence-corrected chi connectivity index (χ4v) is 3.92. The molecule has 0 aromatic heterocycles. The van der Waals surface area contributed by atoms with Gasteiger partial charge in [0.05, 0.1) is 16.4 Å². The number of primary amides is 1. The van der Waals surface area contributed by atoms with E-state index in [1.54, 1.807) is 20.8 Å². The zero-order chi connectivity index (χ0) is 20.7. The Balaban J connectivity index is 3.05. The van der Waals surface area contributed by atoms with Gasteiger partial charge in [-0.05, 0) is 39.2 Å². The van der Waals surface area contributed by atoms with Gasteiger partial charge in [-0.3, -0.25) is 9.59 Å². The second kappa shape index (κ2) is 9.88. The Hall–Kier alpha value is -1.89. The number of nitrogens with two attached hydrogens (primary N) is 1. The standard InChI is InChI=1S/C20H32N2O4S/c1-5-6-12-17(18(21)23)22-19(24)16(13-15-10-8-7-9-11-15)14-27(25,26)20(2,3)4/h7-11,16-17H,5-6,12-14H2,1-4H3,(H2,21,23)(H,22,24). The average molecular weight is 397 g/mol. The first-order valence-electron chi connectivity index (χ1n) is 9.34. The van der Waals surface area contributed by atoms with E-state index in [2.05, 4.69) is 5.32 Å². The van der Waals surface area contributed by atoms with E-state index in [1.165, 1.54) is 0 Å². The summed E-state index contributed by atoms with van der Waals surface area (Å²) in [6.07, 6.45) is 2.34. The van der Waals surface area contributed by atoms with E-state index >= 15 is 0 Å². The number of benzene rings is 1. The molecule has 0 saturated heterocycles. The quantitative estimate of drug-likeness (QED) is 0.632. The fraction of sp³-hybridized carbons (Fsp3) is 0.600. The minimum absolute atomic E-state index is 0.279. The molecule has 0 aliphatic carbocycles. The van der Waals surface area contributed by atoms with Gasteiger partial charge in [0.25, 0.3) is 0 Å². The van der Waals surface area contributed by atoms with Gasteiger partial charge < -0.3 is 11.1 Å². The summed E-state index contributed by atoms with van der Waals surface area (Å²) in [5.74, 6) is -2.13. The third-order valence-corrected chi connectivity index (χ3v) is 7.26. The molecule has 0 fully saturated rings. The van der Waals surface area contributed by atoms with Crippen molar-refractivity contribution in [1.29, 1.82) is 0 Å². The van der Waals surface area contributed by atoms with Crippen molar-refractivity contribution in [2.45, 2.75) is 64.2 Å². The van der Waals surface area contributed by atoms with Crippen LogP contribution >= 0.6 is 0 Å². The van der Waals surface area contributed by atoms with Crippen LogP contribution in [0.2, 0.25) is 0 Å². The molecule has 0 bridgehead atoms. The minimum atomic E-state index is -3.51. The number of carbonyl (C=O) groups is 2. The van der Waals surface area contributed by atoms with Gasteiger partial charge in [-0.15, -0.1) is 0 Å². The SMILES string of the molecule is CCCCC(NC(=O)C(Cc1ccccc1)CS(=O)(=O)C(C)(C)C)C(N)=O. The van der Waals surface area contributed by atoms with Crippen LogP contribution in [0.5, 0.6) is 0 Å². The summed E-state index contributed by atoms with van der Waals surface area (Å²) in [4.78, 5) is 24.5. The van der Waals surface area contributed by atoms with E-state index in [0.29, 0.717) is 6.42 Å². The molecule has 0 aliphatic rings. The Kier molecular flexibility index (Phi) is 8.47. The van der Waals surface area contributed by atoms with Gasteiger partial charge in [-0.2, -0.15) is 0 Å². The van der Waals surface area contributed by atoms with E-state index in [4.69, 9.17) is 5.73 Å². The summed E-state index contributed by atoms with van der Waals surface area (Å²) in [7, 11) is -3.51. The van der Waals surface area contributed by atoms with Crippen LogP contribution in [0.15, 0.2) is 30.3 Å². The van der Waals surface area contributed by atoms with Crippen molar-refractivity contribution in [2.24, 2.45) is 11.7 Å². The predicted octanol–water partition coefficient (Wildman–Crippen LogP) is 2.22. The number of carbonyl (C=O) groups excluding carboxylic acids is 2. The second-order valence-corrected chi connectivity index (χ2v) is 10.7. The number of hydrogen-bond donors (Lipinski definition) is 2. The molecule has 1 rings (SSSR count). The first kappa shape index (κ1) is 23.1. The van der Waals surface area contributed by atoms with Crippen LogP contribution in [0.4, 0.5) is 0 Å². The Morgan fingerprint density at radius 3 is 2.22 bits per heavy atom. The van der Waals surface area contributed by atoms with Gasteiger partial charge in [-0.25, -0.2) is 8.42 Å². The molecule has 7 heteroatoms. The normalized spacial score (nSPS) is 14.4. The zero-order valence-electron chi connectivity index (χ0n) is 16.7. The Bertz CT molecular complexity index is 724. The van der Waals surface area contributed by atoms with E-state index in [1.807, 2.05) is 37.3 Å². The highest BCUT2D eigenvalue weighted by molar-refractivity contribution is 7.92. The van der Waals surface area contributed by atoms with Gasteiger partial charge in [0.15, 0.2) is 9.84 Å². The largest absolute Gasteiger partial charge is 0.368 e. The summed E-state index contributed by atoms with van der Waals surface area (Å²) in [6.45, 7) is 6.84. The molecule has 1 aromatic rings. The number of nitrogens with one attached hydrogen (secondary N) is 1. The third-order valence-electron chi connectivity index (χ3n) is 4.56. The maximum absolute atomic E-state index is 12.8. The Morgan fingerprint density at radius 2 is 1.74 bits per heavy atom. The summed E-state index contributed by atoms with van der Waals surface area (Å²) in [5, 5.41) is 2.67. The molecule has 0 spiro atoms. The molecule has 2 unspecified atom stereocenters. The minimum Gasteiger partial charge on any atom is -0.368 e. The van der Waals surface area contributed by atoms with Crippen molar-refractivity contribution < 1.29 is 18.0 Å². The Labute approximate surface area is 162 Å². The van der Waals surface area contributed by atoms with Crippen LogP contribution in [-0.2, 0) is 25.8 Å². The molecule has 1 aromatic carbocycles. The molecule has 6 nitrogen and oxygen atoms in total. The van der Waals surface area contributed by atoms with Crippen LogP contribution in [0, 0.1) is 5.92 Å². The lowest BCUT2D eigenvalue weighted by atomic mass is 9.99. The zero-order valence-corrected chi connectivity index (χ0v) is 17.5. The monoisotopic (exact) mass is 396 g/mol. The lowest BCUT2D eigenvalue weighted by Crippen LogP contribution is -2.49. The Morgan fingerprint density at radius 1 is 1.15 bits per heavy atom. The molecule has 152 valence electrons. The topological polar surface area (TPSA) is 106 Å². The van der Waals surface area contributed by atoms with Gasteiger partial charge in [0, 0.05) is 0 Å². The molecule has 0 heterocycles. The number of unbranched alkanes of at least 4 members (excludes halogenated alkanes) is 1. The van der Waals surface area contributed by atoms with Gasteiger partial charge in [-0.1, -0.05) is 50.1 Å². The van der Waals surface area contributed by atoms with Crippen molar-refractivity contribution >= 4 is 21.7 Å². The van der Waals surface area contributed by atoms with Gasteiger partial charge in [0.1, 0.15) is 6.04 Å². The lowest BCUT2D eigenvalue weighted by Gasteiger charge is -2.25. The molecule has 0 radical (unpaired) electrons. The highest BCUT2D eigenvalue weighted by Gasteiger charge is 2.35.